The molecule has 1 aromatic rings. The van der Waals surface area contributed by atoms with E-state index in [1.165, 1.54) is 14.2 Å². The number of ether oxygens (including phenoxy) is 2. The highest BCUT2D eigenvalue weighted by molar-refractivity contribution is 6.35. The van der Waals surface area contributed by atoms with E-state index >= 15 is 0 Å². The number of rotatable bonds is 9. The summed E-state index contributed by atoms with van der Waals surface area (Å²) in [6.07, 6.45) is -0.582. The SMILES string of the molecule is COC(CNC(=O)C(=O)NC[C@H](c1ccc(N(C)C)cc1)[NH+](C)C)OC. The lowest BCUT2D eigenvalue weighted by Crippen LogP contribution is -3.07. The number of likely N-dealkylation sites (N-methyl/N-ethyl adjacent to an activating group) is 1. The number of methoxy groups -OCH3 is 2. The van der Waals surface area contributed by atoms with E-state index < -0.39 is 18.1 Å². The molecule has 0 heterocycles. The number of nitrogens with one attached hydrogen (secondary N) is 3. The van der Waals surface area contributed by atoms with Gasteiger partial charge >= 0.3 is 11.8 Å². The fourth-order valence-electron chi connectivity index (χ4n) is 2.45. The van der Waals surface area contributed by atoms with Crippen LogP contribution in [0.1, 0.15) is 11.6 Å². The van der Waals surface area contributed by atoms with Crippen LogP contribution in [-0.4, -0.2) is 73.6 Å². The highest BCUT2D eigenvalue weighted by atomic mass is 16.7. The zero-order valence-corrected chi connectivity index (χ0v) is 16.5. The predicted octanol–water partition coefficient (Wildman–Crippen LogP) is -1.21. The van der Waals surface area contributed by atoms with Crippen LogP contribution >= 0.6 is 0 Å². The molecule has 0 radical (unpaired) electrons. The Bertz CT molecular complexity index is 571. The van der Waals surface area contributed by atoms with E-state index in [-0.39, 0.29) is 12.6 Å². The van der Waals surface area contributed by atoms with Gasteiger partial charge in [-0.1, -0.05) is 12.1 Å². The Morgan fingerprint density at radius 3 is 1.92 bits per heavy atom. The summed E-state index contributed by atoms with van der Waals surface area (Å²) in [6, 6.07) is 8.20. The molecule has 0 aliphatic rings. The van der Waals surface area contributed by atoms with Crippen LogP contribution in [0.15, 0.2) is 24.3 Å². The molecule has 0 aliphatic heterocycles. The van der Waals surface area contributed by atoms with Gasteiger partial charge in [-0.05, 0) is 12.1 Å². The standard InChI is InChI=1S/C18H30N4O4/c1-21(2)14-9-7-13(8-10-14)15(22(3)4)11-19-17(23)18(24)20-12-16(25-5)26-6/h7-10,15-16H,11-12H2,1-6H3,(H,19,23)(H,20,24)/p+1/t15-/m1/s1. The predicted molar refractivity (Wildman–Crippen MR) is 100 cm³/mol. The normalized spacial score (nSPS) is 12.2. The zero-order chi connectivity index (χ0) is 19.7. The number of carbonyl (C=O) groups excluding carboxylic acids is 2. The maximum Gasteiger partial charge on any atom is 0.309 e. The molecule has 3 N–H and O–H groups in total. The average molecular weight is 367 g/mol. The van der Waals surface area contributed by atoms with Gasteiger partial charge in [0.2, 0.25) is 0 Å². The van der Waals surface area contributed by atoms with Crippen LogP contribution in [-0.2, 0) is 19.1 Å². The molecular formula is C18H31N4O4+. The van der Waals surface area contributed by atoms with Crippen LogP contribution in [0.3, 0.4) is 0 Å². The van der Waals surface area contributed by atoms with Gasteiger partial charge in [-0.3, -0.25) is 9.59 Å². The number of anilines is 1. The smallest absolute Gasteiger partial charge is 0.309 e. The molecule has 0 unspecified atom stereocenters. The molecule has 2 amide bonds. The van der Waals surface area contributed by atoms with Crippen molar-refractivity contribution in [3.63, 3.8) is 0 Å². The maximum atomic E-state index is 12.0. The van der Waals surface area contributed by atoms with Gasteiger partial charge in [-0.2, -0.15) is 0 Å². The summed E-state index contributed by atoms with van der Waals surface area (Å²) in [5, 5.41) is 5.18. The summed E-state index contributed by atoms with van der Waals surface area (Å²) in [5.41, 5.74) is 2.20. The van der Waals surface area contributed by atoms with E-state index in [0.717, 1.165) is 16.2 Å². The third-order valence-corrected chi connectivity index (χ3v) is 4.14. The van der Waals surface area contributed by atoms with Crippen LogP contribution in [0.4, 0.5) is 5.69 Å². The number of quaternary nitrogens is 1. The lowest BCUT2D eigenvalue weighted by molar-refractivity contribution is -0.890. The average Bonchev–Trinajstić information content (AvgIpc) is 2.62. The fourth-order valence-corrected chi connectivity index (χ4v) is 2.45. The molecule has 0 saturated heterocycles. The van der Waals surface area contributed by atoms with Crippen molar-refractivity contribution in [2.24, 2.45) is 0 Å². The third-order valence-electron chi connectivity index (χ3n) is 4.14. The molecule has 0 fully saturated rings. The van der Waals surface area contributed by atoms with Crippen molar-refractivity contribution in [2.75, 3.05) is 60.4 Å². The maximum absolute atomic E-state index is 12.0. The molecule has 8 heteroatoms. The van der Waals surface area contributed by atoms with E-state index in [9.17, 15) is 9.59 Å². The third kappa shape index (κ3) is 6.62. The first-order chi connectivity index (χ1) is 12.3. The Labute approximate surface area is 155 Å². The summed E-state index contributed by atoms with van der Waals surface area (Å²) in [7, 11) is 10.9. The highest BCUT2D eigenvalue weighted by Gasteiger charge is 2.21. The van der Waals surface area contributed by atoms with E-state index in [1.54, 1.807) is 0 Å². The molecule has 26 heavy (non-hydrogen) atoms. The minimum Gasteiger partial charge on any atom is -0.378 e. The Morgan fingerprint density at radius 2 is 1.50 bits per heavy atom. The van der Waals surface area contributed by atoms with Gasteiger partial charge in [0.25, 0.3) is 0 Å². The Balaban J connectivity index is 2.62. The number of amides is 2. The molecule has 0 aliphatic carbocycles. The van der Waals surface area contributed by atoms with E-state index in [4.69, 9.17) is 9.47 Å². The van der Waals surface area contributed by atoms with Crippen LogP contribution < -0.4 is 20.4 Å². The zero-order valence-electron chi connectivity index (χ0n) is 16.5. The van der Waals surface area contributed by atoms with Crippen molar-refractivity contribution in [3.05, 3.63) is 29.8 Å². The molecule has 1 atom stereocenters. The lowest BCUT2D eigenvalue weighted by Gasteiger charge is -2.23. The van der Waals surface area contributed by atoms with Crippen molar-refractivity contribution in [2.45, 2.75) is 12.3 Å². The molecule has 0 aromatic heterocycles. The van der Waals surface area contributed by atoms with Crippen molar-refractivity contribution in [1.82, 2.24) is 10.6 Å². The molecule has 1 rings (SSSR count). The van der Waals surface area contributed by atoms with E-state index in [1.807, 2.05) is 57.4 Å². The first-order valence-electron chi connectivity index (χ1n) is 8.49. The Morgan fingerprint density at radius 1 is 1.00 bits per heavy atom. The number of carbonyl (C=O) groups is 2. The van der Waals surface area contributed by atoms with Gasteiger partial charge in [0.05, 0.1) is 27.2 Å². The second-order valence-electron chi connectivity index (χ2n) is 6.44. The minimum absolute atomic E-state index is 0.0358. The number of hydrogen-bond acceptors (Lipinski definition) is 5. The lowest BCUT2D eigenvalue weighted by atomic mass is 10.1. The van der Waals surface area contributed by atoms with Crippen molar-refractivity contribution in [3.8, 4) is 0 Å². The molecule has 0 bridgehead atoms. The molecule has 8 nitrogen and oxygen atoms in total. The van der Waals surface area contributed by atoms with E-state index in [0.29, 0.717) is 6.54 Å². The second-order valence-corrected chi connectivity index (χ2v) is 6.44. The van der Waals surface area contributed by atoms with Crippen LogP contribution in [0.2, 0.25) is 0 Å². The summed E-state index contributed by atoms with van der Waals surface area (Å²) in [6.45, 7) is 0.460. The summed E-state index contributed by atoms with van der Waals surface area (Å²) >= 11 is 0. The quantitative estimate of drug-likeness (QED) is 0.377. The Kier molecular flexibility index (Phi) is 9.04. The fraction of sp³-hybridized carbons (Fsp3) is 0.556. The number of hydrogen-bond donors (Lipinski definition) is 3. The first-order valence-corrected chi connectivity index (χ1v) is 8.49. The first kappa shape index (κ1) is 21.9. The van der Waals surface area contributed by atoms with Gasteiger partial charge in [0.15, 0.2) is 6.29 Å². The van der Waals surface area contributed by atoms with Crippen LogP contribution in [0, 0.1) is 0 Å². The minimum atomic E-state index is -0.709. The molecule has 0 spiro atoms. The van der Waals surface area contributed by atoms with Crippen molar-refractivity contribution in [1.29, 1.82) is 0 Å². The molecular weight excluding hydrogens is 336 g/mol. The summed E-state index contributed by atoms with van der Waals surface area (Å²) in [4.78, 5) is 27.1. The van der Waals surface area contributed by atoms with Gasteiger partial charge in [-0.15, -0.1) is 0 Å². The van der Waals surface area contributed by atoms with Gasteiger partial charge in [0.1, 0.15) is 6.04 Å². The number of nitrogens with zero attached hydrogens (tertiary/aromatic N) is 1. The van der Waals surface area contributed by atoms with Gasteiger partial charge < -0.3 is 29.9 Å². The van der Waals surface area contributed by atoms with Gasteiger partial charge in [-0.25, -0.2) is 0 Å². The molecule has 146 valence electrons. The van der Waals surface area contributed by atoms with E-state index in [2.05, 4.69) is 10.6 Å². The van der Waals surface area contributed by atoms with Gasteiger partial charge in [0, 0.05) is 39.6 Å². The summed E-state index contributed by atoms with van der Waals surface area (Å²) < 4.78 is 9.94. The largest absolute Gasteiger partial charge is 0.378 e. The second kappa shape index (κ2) is 10.7. The summed E-state index contributed by atoms with van der Waals surface area (Å²) in [5.74, 6) is -1.38. The van der Waals surface area contributed by atoms with Crippen LogP contribution in [0.25, 0.3) is 0 Å². The Hall–Kier alpha value is -2.16. The molecule has 0 saturated carbocycles. The van der Waals surface area contributed by atoms with Crippen LogP contribution in [0.5, 0.6) is 0 Å². The van der Waals surface area contributed by atoms with Crippen molar-refractivity contribution >= 4 is 17.5 Å². The van der Waals surface area contributed by atoms with Crippen molar-refractivity contribution < 1.29 is 24.0 Å². The topological polar surface area (TPSA) is 84.3 Å². The number of benzene rings is 1. The monoisotopic (exact) mass is 367 g/mol. The highest BCUT2D eigenvalue weighted by Crippen LogP contribution is 2.15. The molecule has 1 aromatic carbocycles.